The molecule has 0 aliphatic rings. The van der Waals surface area contributed by atoms with Gasteiger partial charge in [-0.25, -0.2) is 0 Å². The van der Waals surface area contributed by atoms with Crippen LogP contribution >= 0.6 is 0 Å². The van der Waals surface area contributed by atoms with E-state index in [1.807, 2.05) is 42.6 Å². The highest BCUT2D eigenvalue weighted by Crippen LogP contribution is 2.39. The van der Waals surface area contributed by atoms with Crippen LogP contribution in [0.2, 0.25) is 0 Å². The van der Waals surface area contributed by atoms with E-state index >= 15 is 0 Å². The maximum atomic E-state index is 5.58. The summed E-state index contributed by atoms with van der Waals surface area (Å²) in [6.45, 7) is 0. The van der Waals surface area contributed by atoms with Crippen LogP contribution in [0, 0.1) is 0 Å². The minimum absolute atomic E-state index is 0.857. The van der Waals surface area contributed by atoms with E-state index in [1.165, 1.54) is 0 Å². The summed E-state index contributed by atoms with van der Waals surface area (Å²) in [5.74, 6) is 1.72. The largest absolute Gasteiger partial charge is 0.496 e. The Labute approximate surface area is 146 Å². The third-order valence-electron chi connectivity index (χ3n) is 4.47. The number of hydrogen-bond donors (Lipinski definition) is 1. The fourth-order valence-electron chi connectivity index (χ4n) is 3.29. The van der Waals surface area contributed by atoms with Crippen molar-refractivity contribution in [3.8, 4) is 33.8 Å². The average Bonchev–Trinajstić information content (AvgIpc) is 3.15. The van der Waals surface area contributed by atoms with E-state index in [-0.39, 0.29) is 0 Å². The lowest BCUT2D eigenvalue weighted by Crippen LogP contribution is -1.91. The Morgan fingerprint density at radius 2 is 1.32 bits per heavy atom. The molecule has 1 N–H and O–H groups in total. The maximum Gasteiger partial charge on any atom is 0.126 e. The Bertz CT molecular complexity index is 1030. The molecule has 0 spiro atoms. The molecule has 1 heterocycles. The van der Waals surface area contributed by atoms with Crippen molar-refractivity contribution >= 4 is 10.9 Å². The number of benzene rings is 3. The van der Waals surface area contributed by atoms with Crippen molar-refractivity contribution in [2.45, 2.75) is 0 Å². The smallest absolute Gasteiger partial charge is 0.126 e. The van der Waals surface area contributed by atoms with Gasteiger partial charge in [0, 0.05) is 28.3 Å². The van der Waals surface area contributed by atoms with E-state index < -0.39 is 0 Å². The molecular weight excluding hydrogens is 310 g/mol. The van der Waals surface area contributed by atoms with Crippen LogP contribution in [0.25, 0.3) is 33.2 Å². The van der Waals surface area contributed by atoms with Crippen LogP contribution in [0.1, 0.15) is 0 Å². The highest BCUT2D eigenvalue weighted by atomic mass is 16.5. The second-order valence-electron chi connectivity index (χ2n) is 5.87. The first-order chi connectivity index (χ1) is 12.3. The molecule has 0 atom stereocenters. The SMILES string of the molecule is COc1ccccc1-c1cc(-c2ccccc2OC)c2[nH]ccc2c1. The second kappa shape index (κ2) is 6.36. The second-order valence-corrected chi connectivity index (χ2v) is 5.87. The van der Waals surface area contributed by atoms with Crippen molar-refractivity contribution in [3.05, 3.63) is 72.9 Å². The molecule has 4 aromatic rings. The Morgan fingerprint density at radius 3 is 2.04 bits per heavy atom. The molecule has 0 saturated heterocycles. The summed E-state index contributed by atoms with van der Waals surface area (Å²) in [4.78, 5) is 3.36. The molecule has 25 heavy (non-hydrogen) atoms. The molecule has 3 heteroatoms. The van der Waals surface area contributed by atoms with E-state index in [9.17, 15) is 0 Å². The molecule has 3 aromatic carbocycles. The predicted octanol–water partition coefficient (Wildman–Crippen LogP) is 5.52. The molecular formula is C22H19NO2. The number of fused-ring (bicyclic) bond motifs is 1. The van der Waals surface area contributed by atoms with E-state index in [4.69, 9.17) is 9.47 Å². The van der Waals surface area contributed by atoms with E-state index in [0.29, 0.717) is 0 Å². The standard InChI is InChI=1S/C22H19NO2/c1-24-20-9-5-3-7-17(20)16-13-15-11-12-23-22(15)19(14-16)18-8-4-6-10-21(18)25-2/h3-14,23H,1-2H3. The molecule has 0 fully saturated rings. The molecule has 1 aromatic heterocycles. The quantitative estimate of drug-likeness (QED) is 0.535. The topological polar surface area (TPSA) is 34.2 Å². The lowest BCUT2D eigenvalue weighted by atomic mass is 9.95. The van der Waals surface area contributed by atoms with Crippen LogP contribution in [0.3, 0.4) is 0 Å². The number of aromatic nitrogens is 1. The highest BCUT2D eigenvalue weighted by Gasteiger charge is 2.14. The molecule has 0 aliphatic heterocycles. The fraction of sp³-hybridized carbons (Fsp3) is 0.0909. The van der Waals surface area contributed by atoms with Crippen molar-refractivity contribution in [2.75, 3.05) is 14.2 Å². The monoisotopic (exact) mass is 329 g/mol. The summed E-state index contributed by atoms with van der Waals surface area (Å²) < 4.78 is 11.1. The minimum atomic E-state index is 0.857. The zero-order chi connectivity index (χ0) is 17.2. The van der Waals surface area contributed by atoms with Gasteiger partial charge in [-0.1, -0.05) is 36.4 Å². The predicted molar refractivity (Wildman–Crippen MR) is 102 cm³/mol. The van der Waals surface area contributed by atoms with Crippen molar-refractivity contribution in [1.29, 1.82) is 0 Å². The zero-order valence-electron chi connectivity index (χ0n) is 14.2. The molecule has 0 bridgehead atoms. The van der Waals surface area contributed by atoms with Crippen LogP contribution in [0.15, 0.2) is 72.9 Å². The number of rotatable bonds is 4. The Balaban J connectivity index is 2.01. The van der Waals surface area contributed by atoms with Crippen molar-refractivity contribution in [3.63, 3.8) is 0 Å². The molecule has 3 nitrogen and oxygen atoms in total. The van der Waals surface area contributed by atoms with Crippen molar-refractivity contribution in [2.24, 2.45) is 0 Å². The first-order valence-electron chi connectivity index (χ1n) is 8.19. The number of methoxy groups -OCH3 is 2. The van der Waals surface area contributed by atoms with Crippen molar-refractivity contribution in [1.82, 2.24) is 4.98 Å². The lowest BCUT2D eigenvalue weighted by molar-refractivity contribution is 0.416. The Kier molecular flexibility index (Phi) is 3.90. The normalized spacial score (nSPS) is 10.8. The Morgan fingerprint density at radius 1 is 0.680 bits per heavy atom. The van der Waals surface area contributed by atoms with Crippen LogP contribution in [-0.2, 0) is 0 Å². The molecule has 0 saturated carbocycles. The molecule has 4 rings (SSSR count). The van der Waals surface area contributed by atoms with Crippen LogP contribution in [-0.4, -0.2) is 19.2 Å². The third-order valence-corrected chi connectivity index (χ3v) is 4.47. The van der Waals surface area contributed by atoms with Crippen LogP contribution in [0.5, 0.6) is 11.5 Å². The van der Waals surface area contributed by atoms with Gasteiger partial charge in [-0.05, 0) is 35.9 Å². The molecule has 0 radical (unpaired) electrons. The average molecular weight is 329 g/mol. The number of hydrogen-bond acceptors (Lipinski definition) is 2. The first-order valence-corrected chi connectivity index (χ1v) is 8.19. The number of nitrogens with one attached hydrogen (secondary N) is 1. The molecule has 0 unspecified atom stereocenters. The van der Waals surface area contributed by atoms with Crippen LogP contribution < -0.4 is 9.47 Å². The van der Waals surface area contributed by atoms with Crippen molar-refractivity contribution < 1.29 is 9.47 Å². The first kappa shape index (κ1) is 15.3. The Hall–Kier alpha value is -3.20. The van der Waals surface area contributed by atoms with Gasteiger partial charge in [0.25, 0.3) is 0 Å². The molecule has 124 valence electrons. The summed E-state index contributed by atoms with van der Waals surface area (Å²) in [7, 11) is 3.41. The van der Waals surface area contributed by atoms with Gasteiger partial charge in [0.1, 0.15) is 11.5 Å². The highest BCUT2D eigenvalue weighted by molar-refractivity contribution is 5.99. The maximum absolute atomic E-state index is 5.58. The number of para-hydroxylation sites is 2. The van der Waals surface area contributed by atoms with Crippen LogP contribution in [0.4, 0.5) is 0 Å². The molecule has 0 amide bonds. The molecule has 0 aliphatic carbocycles. The van der Waals surface area contributed by atoms with Gasteiger partial charge in [-0.2, -0.15) is 0 Å². The number of H-pyrrole nitrogens is 1. The summed E-state index contributed by atoms with van der Waals surface area (Å²) in [6, 6.07) is 22.6. The van der Waals surface area contributed by atoms with Gasteiger partial charge in [0.2, 0.25) is 0 Å². The van der Waals surface area contributed by atoms with E-state index in [1.54, 1.807) is 14.2 Å². The third kappa shape index (κ3) is 2.64. The van der Waals surface area contributed by atoms with Gasteiger partial charge < -0.3 is 14.5 Å². The summed E-state index contributed by atoms with van der Waals surface area (Å²) in [5, 5.41) is 1.16. The fourth-order valence-corrected chi connectivity index (χ4v) is 3.29. The van der Waals surface area contributed by atoms with Gasteiger partial charge in [-0.15, -0.1) is 0 Å². The van der Waals surface area contributed by atoms with Gasteiger partial charge in [0.15, 0.2) is 0 Å². The van der Waals surface area contributed by atoms with E-state index in [2.05, 4.69) is 35.3 Å². The summed E-state index contributed by atoms with van der Waals surface area (Å²) in [6.07, 6.45) is 1.97. The number of ether oxygens (including phenoxy) is 2. The summed E-state index contributed by atoms with van der Waals surface area (Å²) in [5.41, 5.74) is 5.47. The minimum Gasteiger partial charge on any atom is -0.496 e. The van der Waals surface area contributed by atoms with E-state index in [0.717, 1.165) is 44.7 Å². The van der Waals surface area contributed by atoms with Gasteiger partial charge >= 0.3 is 0 Å². The number of aromatic amines is 1. The zero-order valence-corrected chi connectivity index (χ0v) is 14.2. The van der Waals surface area contributed by atoms with Gasteiger partial charge in [0.05, 0.1) is 19.7 Å². The van der Waals surface area contributed by atoms with Gasteiger partial charge in [-0.3, -0.25) is 0 Å². The lowest BCUT2D eigenvalue weighted by Gasteiger charge is -2.13. The summed E-state index contributed by atoms with van der Waals surface area (Å²) >= 11 is 0.